The second-order valence-electron chi connectivity index (χ2n) is 3.37. The summed E-state index contributed by atoms with van der Waals surface area (Å²) in [5.74, 6) is 0.932. The van der Waals surface area contributed by atoms with Crippen LogP contribution in [-0.4, -0.2) is 24.2 Å². The number of nitrogens with one attached hydrogen (secondary N) is 1. The maximum Gasteiger partial charge on any atom is 0.123 e. The molecule has 1 aliphatic heterocycles. The smallest absolute Gasteiger partial charge is 0.123 e. The molecule has 1 N–H and O–H groups in total. The van der Waals surface area contributed by atoms with Gasteiger partial charge in [0.05, 0.1) is 0 Å². The number of halogens is 2. The van der Waals surface area contributed by atoms with Gasteiger partial charge in [-0.1, -0.05) is 0 Å². The van der Waals surface area contributed by atoms with E-state index < -0.39 is 0 Å². The van der Waals surface area contributed by atoms with E-state index in [1.54, 1.807) is 6.20 Å². The van der Waals surface area contributed by atoms with Gasteiger partial charge < -0.3 is 10.1 Å². The third-order valence-electron chi connectivity index (χ3n) is 2.19. The van der Waals surface area contributed by atoms with Crippen molar-refractivity contribution in [3.8, 4) is 5.75 Å². The zero-order chi connectivity index (χ0) is 9.10. The number of hydrogen-bond acceptors (Lipinski definition) is 3. The highest BCUT2D eigenvalue weighted by atomic mass is 35.5. The van der Waals surface area contributed by atoms with Gasteiger partial charge in [0, 0.05) is 24.5 Å². The largest absolute Gasteiger partial charge is 0.489 e. The van der Waals surface area contributed by atoms with Crippen molar-refractivity contribution in [3.05, 3.63) is 24.0 Å². The van der Waals surface area contributed by atoms with Gasteiger partial charge in [-0.3, -0.25) is 4.98 Å². The van der Waals surface area contributed by atoms with Gasteiger partial charge in [-0.2, -0.15) is 0 Å². The summed E-state index contributed by atoms with van der Waals surface area (Å²) in [6, 6.07) is 3.88. The molecule has 15 heavy (non-hydrogen) atoms. The summed E-state index contributed by atoms with van der Waals surface area (Å²) < 4.78 is 5.75. The van der Waals surface area contributed by atoms with Crippen LogP contribution in [0.25, 0.3) is 0 Å². The Morgan fingerprint density at radius 3 is 2.87 bits per heavy atom. The Hall–Kier alpha value is -0.510. The van der Waals surface area contributed by atoms with Gasteiger partial charge in [-0.05, 0) is 26.0 Å². The molecule has 3 nitrogen and oxygen atoms in total. The van der Waals surface area contributed by atoms with Gasteiger partial charge in [-0.25, -0.2) is 0 Å². The highest BCUT2D eigenvalue weighted by molar-refractivity contribution is 5.85. The van der Waals surface area contributed by atoms with Crippen LogP contribution in [-0.2, 0) is 0 Å². The molecule has 2 heterocycles. The normalized spacial score (nSPS) is 18.9. The predicted molar refractivity (Wildman–Crippen MR) is 65.4 cm³/mol. The first-order valence-electron chi connectivity index (χ1n) is 4.64. The first-order chi connectivity index (χ1) is 6.34. The number of hydrogen-bond donors (Lipinski definition) is 1. The van der Waals surface area contributed by atoms with Crippen molar-refractivity contribution in [1.29, 1.82) is 0 Å². The molecule has 2 rings (SSSR count). The van der Waals surface area contributed by atoms with E-state index in [0.29, 0.717) is 6.10 Å². The monoisotopic (exact) mass is 250 g/mol. The SMILES string of the molecule is Cc1cc(OC2CCNC2)ccn1.Cl.Cl. The van der Waals surface area contributed by atoms with Crippen molar-refractivity contribution < 1.29 is 4.74 Å². The molecule has 0 radical (unpaired) electrons. The molecule has 5 heteroatoms. The van der Waals surface area contributed by atoms with Crippen LogP contribution in [0.3, 0.4) is 0 Å². The van der Waals surface area contributed by atoms with Crippen LogP contribution < -0.4 is 10.1 Å². The first kappa shape index (κ1) is 14.5. The minimum atomic E-state index is 0. The zero-order valence-corrected chi connectivity index (χ0v) is 10.2. The van der Waals surface area contributed by atoms with E-state index in [2.05, 4.69) is 10.3 Å². The summed E-state index contributed by atoms with van der Waals surface area (Å²) in [5.41, 5.74) is 1.00. The summed E-state index contributed by atoms with van der Waals surface area (Å²) in [5, 5.41) is 3.27. The lowest BCUT2D eigenvalue weighted by molar-refractivity contribution is 0.222. The van der Waals surface area contributed by atoms with Crippen LogP contribution >= 0.6 is 24.8 Å². The molecule has 1 unspecified atom stereocenters. The number of ether oxygens (including phenoxy) is 1. The highest BCUT2D eigenvalue weighted by Gasteiger charge is 2.15. The molecule has 0 saturated carbocycles. The van der Waals surface area contributed by atoms with Gasteiger partial charge in [0.15, 0.2) is 0 Å². The molecule has 0 aliphatic carbocycles. The highest BCUT2D eigenvalue weighted by Crippen LogP contribution is 2.14. The van der Waals surface area contributed by atoms with Gasteiger partial charge in [0.1, 0.15) is 11.9 Å². The fourth-order valence-electron chi connectivity index (χ4n) is 1.51. The lowest BCUT2D eigenvalue weighted by atomic mass is 10.3. The van der Waals surface area contributed by atoms with Gasteiger partial charge in [0.2, 0.25) is 0 Å². The minimum Gasteiger partial charge on any atom is -0.489 e. The number of rotatable bonds is 2. The molecule has 1 fully saturated rings. The first-order valence-corrected chi connectivity index (χ1v) is 4.64. The van der Waals surface area contributed by atoms with Crippen molar-refractivity contribution in [2.45, 2.75) is 19.4 Å². The molecule has 0 bridgehead atoms. The summed E-state index contributed by atoms with van der Waals surface area (Å²) in [6.45, 7) is 4.00. The van der Waals surface area contributed by atoms with Crippen molar-refractivity contribution in [2.75, 3.05) is 13.1 Å². The van der Waals surface area contributed by atoms with Gasteiger partial charge >= 0.3 is 0 Å². The van der Waals surface area contributed by atoms with E-state index in [4.69, 9.17) is 4.74 Å². The van der Waals surface area contributed by atoms with Crippen molar-refractivity contribution in [3.63, 3.8) is 0 Å². The van der Waals surface area contributed by atoms with Crippen LogP contribution in [0.1, 0.15) is 12.1 Å². The number of nitrogens with zero attached hydrogens (tertiary/aromatic N) is 1. The van der Waals surface area contributed by atoms with Crippen LogP contribution in [0.2, 0.25) is 0 Å². The van der Waals surface area contributed by atoms with E-state index in [0.717, 1.165) is 31.0 Å². The molecule has 0 aromatic carbocycles. The number of pyridine rings is 1. The molecule has 1 saturated heterocycles. The fourth-order valence-corrected chi connectivity index (χ4v) is 1.51. The minimum absolute atomic E-state index is 0. The van der Waals surface area contributed by atoms with E-state index in [1.165, 1.54) is 0 Å². The Labute approximate surface area is 102 Å². The van der Waals surface area contributed by atoms with E-state index in [1.807, 2.05) is 19.1 Å². The fraction of sp³-hybridized carbons (Fsp3) is 0.500. The molecule has 0 spiro atoms. The topological polar surface area (TPSA) is 34.1 Å². The summed E-state index contributed by atoms with van der Waals surface area (Å²) in [4.78, 5) is 4.12. The quantitative estimate of drug-likeness (QED) is 0.872. The Morgan fingerprint density at radius 1 is 1.47 bits per heavy atom. The third kappa shape index (κ3) is 4.24. The Balaban J connectivity index is 0.000000980. The maximum atomic E-state index is 5.75. The number of aromatic nitrogens is 1. The maximum absolute atomic E-state index is 5.75. The molecule has 1 aromatic heterocycles. The molecule has 1 aliphatic rings. The molecule has 0 amide bonds. The lowest BCUT2D eigenvalue weighted by Crippen LogP contribution is -2.19. The third-order valence-corrected chi connectivity index (χ3v) is 2.19. The zero-order valence-electron chi connectivity index (χ0n) is 8.60. The molecule has 86 valence electrons. The van der Waals surface area contributed by atoms with Crippen molar-refractivity contribution in [2.24, 2.45) is 0 Å². The second kappa shape index (κ2) is 6.88. The standard InChI is InChI=1S/C10H14N2O.2ClH/c1-8-6-9(3-5-12-8)13-10-2-4-11-7-10;;/h3,5-6,10-11H,2,4,7H2,1H3;2*1H. The average Bonchev–Trinajstić information content (AvgIpc) is 2.57. The van der Waals surface area contributed by atoms with Gasteiger partial charge in [-0.15, -0.1) is 24.8 Å². The summed E-state index contributed by atoms with van der Waals surface area (Å²) in [6.07, 6.45) is 3.22. The average molecular weight is 251 g/mol. The van der Waals surface area contributed by atoms with Crippen molar-refractivity contribution >= 4 is 24.8 Å². The van der Waals surface area contributed by atoms with Crippen LogP contribution in [0.4, 0.5) is 0 Å². The Bertz CT molecular complexity index is 291. The van der Waals surface area contributed by atoms with Crippen LogP contribution in [0, 0.1) is 6.92 Å². The summed E-state index contributed by atoms with van der Waals surface area (Å²) >= 11 is 0. The predicted octanol–water partition coefficient (Wildman–Crippen LogP) is 1.97. The Kier molecular flexibility index (Phi) is 6.65. The molecular formula is C10H16Cl2N2O. The van der Waals surface area contributed by atoms with E-state index in [-0.39, 0.29) is 24.8 Å². The number of aryl methyl sites for hydroxylation is 1. The van der Waals surface area contributed by atoms with Crippen LogP contribution in [0.15, 0.2) is 18.3 Å². The van der Waals surface area contributed by atoms with Crippen molar-refractivity contribution in [1.82, 2.24) is 10.3 Å². The van der Waals surface area contributed by atoms with Gasteiger partial charge in [0.25, 0.3) is 0 Å². The van der Waals surface area contributed by atoms with Crippen LogP contribution in [0.5, 0.6) is 5.75 Å². The lowest BCUT2D eigenvalue weighted by Gasteiger charge is -2.12. The molecule has 1 atom stereocenters. The Morgan fingerprint density at radius 2 is 2.27 bits per heavy atom. The molecule has 1 aromatic rings. The van der Waals surface area contributed by atoms with E-state index >= 15 is 0 Å². The molecular weight excluding hydrogens is 235 g/mol. The second-order valence-corrected chi connectivity index (χ2v) is 3.37. The van der Waals surface area contributed by atoms with E-state index in [9.17, 15) is 0 Å². The summed E-state index contributed by atoms with van der Waals surface area (Å²) in [7, 11) is 0.